The zero-order valence-electron chi connectivity index (χ0n) is 46.5. The van der Waals surface area contributed by atoms with E-state index in [-0.39, 0.29) is 60.1 Å². The van der Waals surface area contributed by atoms with Crippen LogP contribution in [-0.4, -0.2) is 66.0 Å². The van der Waals surface area contributed by atoms with E-state index in [2.05, 4.69) is 62.0 Å². The molecule has 15 heteroatoms. The lowest BCUT2D eigenvalue weighted by Crippen LogP contribution is -2.53. The lowest BCUT2D eigenvalue weighted by molar-refractivity contribution is -0.384. The Kier molecular flexibility index (Phi) is 21.3. The minimum Gasteiger partial charge on any atom is -0.429 e. The number of rotatable bonds is 26. The fourth-order valence-electron chi connectivity index (χ4n) is 13.4. The first-order chi connectivity index (χ1) is 35.6. The number of fused-ring (bicyclic) bond motifs is 5. The summed E-state index contributed by atoms with van der Waals surface area (Å²) in [6.45, 7) is 21.2. The molecule has 4 aliphatic carbocycles. The van der Waals surface area contributed by atoms with Gasteiger partial charge in [-0.25, -0.2) is 4.79 Å². The molecule has 3 fully saturated rings. The van der Waals surface area contributed by atoms with E-state index in [9.17, 15) is 34.1 Å². The monoisotopic (exact) mass is 1040 g/mol. The third-order valence-corrected chi connectivity index (χ3v) is 17.4. The molecule has 4 amide bonds. The minimum absolute atomic E-state index is 0.0201. The van der Waals surface area contributed by atoms with Crippen molar-refractivity contribution < 1.29 is 43.1 Å². The predicted octanol–water partition coefficient (Wildman–Crippen LogP) is 12.0. The number of nitrogens with one attached hydrogen (secondary N) is 4. The molecule has 10 unspecified atom stereocenters. The third kappa shape index (κ3) is 16.4. The van der Waals surface area contributed by atoms with Crippen molar-refractivity contribution >= 4 is 41.2 Å². The van der Waals surface area contributed by atoms with Crippen molar-refractivity contribution in [1.82, 2.24) is 16.0 Å². The van der Waals surface area contributed by atoms with Crippen LogP contribution in [0.25, 0.3) is 0 Å². The summed E-state index contributed by atoms with van der Waals surface area (Å²) >= 11 is 0. The van der Waals surface area contributed by atoms with Gasteiger partial charge in [0, 0.05) is 43.8 Å². The Morgan fingerprint density at radius 3 is 2.09 bits per heavy atom. The van der Waals surface area contributed by atoms with Gasteiger partial charge in [0.15, 0.2) is 0 Å². The first-order valence-corrected chi connectivity index (χ1v) is 28.3. The number of anilines is 1. The van der Waals surface area contributed by atoms with Crippen molar-refractivity contribution in [3.63, 3.8) is 0 Å². The van der Waals surface area contributed by atoms with Crippen molar-refractivity contribution in [2.45, 2.75) is 190 Å². The molecule has 0 aliphatic heterocycles. The molecule has 2 aromatic rings. The molecule has 10 atom stereocenters. The molecular formula is C60H89N5O10. The molecule has 4 N–H and O–H groups in total. The van der Waals surface area contributed by atoms with Crippen LogP contribution in [0.4, 0.5) is 16.2 Å². The molecule has 6 rings (SSSR count). The first-order valence-electron chi connectivity index (χ1n) is 28.3. The lowest BCUT2D eigenvalue weighted by atomic mass is 9.47. The summed E-state index contributed by atoms with van der Waals surface area (Å²) in [4.78, 5) is 75.8. The molecule has 4 aliphatic rings. The summed E-state index contributed by atoms with van der Waals surface area (Å²) < 4.78 is 16.7. The van der Waals surface area contributed by atoms with Crippen LogP contribution in [0.2, 0.25) is 0 Å². The van der Waals surface area contributed by atoms with Gasteiger partial charge in [0.1, 0.15) is 24.4 Å². The van der Waals surface area contributed by atoms with Gasteiger partial charge in [0.2, 0.25) is 23.6 Å². The van der Waals surface area contributed by atoms with Crippen LogP contribution in [-0.2, 0) is 35.3 Å². The number of allylic oxidation sites excluding steroid dienone is 1. The van der Waals surface area contributed by atoms with Crippen LogP contribution in [0.3, 0.4) is 0 Å². The summed E-state index contributed by atoms with van der Waals surface area (Å²) in [5.41, 5.74) is 3.30. The number of amides is 4. The lowest BCUT2D eigenvalue weighted by Gasteiger charge is -2.58. The number of benzene rings is 2. The van der Waals surface area contributed by atoms with Gasteiger partial charge < -0.3 is 35.5 Å². The Bertz CT molecular complexity index is 2280. The highest BCUT2D eigenvalue weighted by Crippen LogP contribution is 2.67. The minimum atomic E-state index is -0.991. The van der Waals surface area contributed by atoms with Gasteiger partial charge in [0.05, 0.1) is 11.0 Å². The zero-order chi connectivity index (χ0) is 54.5. The second-order valence-corrected chi connectivity index (χ2v) is 24.2. The molecule has 0 spiro atoms. The molecular weight excluding hydrogens is 951 g/mol. The maximum Gasteiger partial charge on any atom is 0.514 e. The van der Waals surface area contributed by atoms with Crippen molar-refractivity contribution in [3.05, 3.63) is 75.9 Å². The Balaban J connectivity index is 0.885. The number of carbonyl (C=O) groups excluding carboxylic acids is 5. The fourth-order valence-corrected chi connectivity index (χ4v) is 13.4. The molecule has 0 aromatic heterocycles. The van der Waals surface area contributed by atoms with E-state index >= 15 is 0 Å². The number of hydrogen-bond acceptors (Lipinski definition) is 10. The summed E-state index contributed by atoms with van der Waals surface area (Å²) in [5, 5.41) is 22.3. The standard InChI is InChI=1S/C60H89N5O10/c1-38(2)12-10-13-41(7)49-24-25-50-48-23-16-43-36-47(28-30-59(43,8)51(48)29-31-60(49,50)9)73-33-11-32-61-54(66)26-27-55(67)63-52(34-39(3)4)57(69)64-53(35-40(5)6)56(68)62-44-17-14-42(15-18-44)37-74-58(70)75-46-21-19-45(20-22-46)65(71)72/h14-22,38-41,47-53H,10-13,23-37H2,1-9H3,(H,61,66)(H,62,68)(H,63,67)(H,64,69). The molecule has 2 aromatic carbocycles. The van der Waals surface area contributed by atoms with Gasteiger partial charge in [-0.2, -0.15) is 0 Å². The van der Waals surface area contributed by atoms with Crippen LogP contribution in [0.15, 0.2) is 60.2 Å². The molecule has 0 bridgehead atoms. The second-order valence-electron chi connectivity index (χ2n) is 24.2. The largest absolute Gasteiger partial charge is 0.514 e. The number of carbonyl (C=O) groups is 5. The second kappa shape index (κ2) is 27.1. The van der Waals surface area contributed by atoms with Crippen LogP contribution in [0.5, 0.6) is 5.75 Å². The average molecular weight is 1040 g/mol. The summed E-state index contributed by atoms with van der Waals surface area (Å²) in [6.07, 6.45) is 17.3. The number of ether oxygens (including phenoxy) is 3. The number of nitro groups is 1. The normalized spacial score (nSPS) is 25.2. The Morgan fingerprint density at radius 2 is 1.43 bits per heavy atom. The highest BCUT2D eigenvalue weighted by atomic mass is 16.7. The summed E-state index contributed by atoms with van der Waals surface area (Å²) in [7, 11) is 0. The average Bonchev–Trinajstić information content (AvgIpc) is 3.72. The zero-order valence-corrected chi connectivity index (χ0v) is 46.5. The van der Waals surface area contributed by atoms with Crippen LogP contribution < -0.4 is 26.0 Å². The van der Waals surface area contributed by atoms with Crippen molar-refractivity contribution in [1.29, 1.82) is 0 Å². The van der Waals surface area contributed by atoms with Crippen LogP contribution in [0.1, 0.15) is 171 Å². The first kappa shape index (κ1) is 58.9. The summed E-state index contributed by atoms with van der Waals surface area (Å²) in [5.74, 6) is 3.53. The van der Waals surface area contributed by atoms with Crippen LogP contribution in [0, 0.1) is 68.3 Å². The van der Waals surface area contributed by atoms with Gasteiger partial charge in [-0.1, -0.05) is 105 Å². The molecule has 0 heterocycles. The summed E-state index contributed by atoms with van der Waals surface area (Å²) in [6, 6.07) is 9.77. The topological polar surface area (TPSA) is 204 Å². The van der Waals surface area contributed by atoms with Crippen LogP contribution >= 0.6 is 0 Å². The maximum atomic E-state index is 13.7. The van der Waals surface area contributed by atoms with Gasteiger partial charge >= 0.3 is 6.16 Å². The van der Waals surface area contributed by atoms with E-state index in [1.54, 1.807) is 29.8 Å². The maximum absolute atomic E-state index is 13.7. The predicted molar refractivity (Wildman–Crippen MR) is 291 cm³/mol. The van der Waals surface area contributed by atoms with Crippen molar-refractivity contribution in [3.8, 4) is 5.75 Å². The molecule has 414 valence electrons. The van der Waals surface area contributed by atoms with Crippen molar-refractivity contribution in [2.75, 3.05) is 18.5 Å². The smallest absolute Gasteiger partial charge is 0.429 e. The van der Waals surface area contributed by atoms with E-state index in [1.807, 2.05) is 27.7 Å². The molecule has 0 radical (unpaired) electrons. The highest BCUT2D eigenvalue weighted by molar-refractivity contribution is 5.98. The fraction of sp³-hybridized carbons (Fsp3) is 0.683. The SMILES string of the molecule is CC(C)CCCC(C)C1CCC2C3CC=C4CC(OCCCNC(=O)CCC(=O)NC(CC(C)C)C(=O)NC(CC(C)C)C(=O)Nc5ccc(COC(=O)Oc6ccc([N+](=O)[O-])cc6)cc5)CCC4(C)C3CCC12C. The Hall–Kier alpha value is -5.31. The molecule has 3 saturated carbocycles. The number of nitro benzene ring substituents is 1. The molecule has 15 nitrogen and oxygen atoms in total. The third-order valence-electron chi connectivity index (χ3n) is 17.4. The van der Waals surface area contributed by atoms with Gasteiger partial charge in [-0.15, -0.1) is 0 Å². The Labute approximate surface area is 446 Å². The number of hydrogen-bond donors (Lipinski definition) is 4. The van der Waals surface area contributed by atoms with Gasteiger partial charge in [-0.05, 0) is 159 Å². The van der Waals surface area contributed by atoms with E-state index in [0.717, 1.165) is 48.3 Å². The van der Waals surface area contributed by atoms with Crippen molar-refractivity contribution in [2.24, 2.45) is 58.2 Å². The quantitative estimate of drug-likeness (QED) is 0.0175. The van der Waals surface area contributed by atoms with Gasteiger partial charge in [-0.3, -0.25) is 29.3 Å². The Morgan fingerprint density at radius 1 is 0.747 bits per heavy atom. The van der Waals surface area contributed by atoms with E-state index < -0.39 is 40.9 Å². The number of nitrogens with zero attached hydrogens (tertiary/aromatic N) is 1. The van der Waals surface area contributed by atoms with Gasteiger partial charge in [0.25, 0.3) is 5.69 Å². The number of non-ortho nitro benzene ring substituents is 1. The van der Waals surface area contributed by atoms with E-state index in [1.165, 1.54) is 82.1 Å². The highest BCUT2D eigenvalue weighted by Gasteiger charge is 2.59. The molecule has 0 saturated heterocycles. The van der Waals surface area contributed by atoms with E-state index in [0.29, 0.717) is 49.1 Å². The molecule has 75 heavy (non-hydrogen) atoms. The van der Waals surface area contributed by atoms with E-state index in [4.69, 9.17) is 14.2 Å².